The molecule has 4 heteroatoms. The van der Waals surface area contributed by atoms with Gasteiger partial charge in [0.15, 0.2) is 0 Å². The predicted octanol–water partition coefficient (Wildman–Crippen LogP) is 2.75. The Balaban J connectivity index is 2.97. The summed E-state index contributed by atoms with van der Waals surface area (Å²) in [4.78, 5) is 11.0. The molecule has 0 spiro atoms. The number of halogens is 1. The van der Waals surface area contributed by atoms with Gasteiger partial charge in [0.1, 0.15) is 10.9 Å². The molecule has 84 valence electrons. The van der Waals surface area contributed by atoms with Crippen molar-refractivity contribution in [2.24, 2.45) is 0 Å². The predicted molar refractivity (Wildman–Crippen MR) is 63.9 cm³/mol. The fourth-order valence-electron chi connectivity index (χ4n) is 1.18. The van der Waals surface area contributed by atoms with Crippen LogP contribution in [0, 0.1) is 11.3 Å². The van der Waals surface area contributed by atoms with Crippen LogP contribution in [0.4, 0.5) is 0 Å². The number of nitrogens with zero attached hydrogens (tertiary/aromatic N) is 1. The van der Waals surface area contributed by atoms with Gasteiger partial charge in [-0.1, -0.05) is 46.3 Å². The summed E-state index contributed by atoms with van der Waals surface area (Å²) < 4.78 is 5.19. The third-order valence-electron chi connectivity index (χ3n) is 2.17. The zero-order chi connectivity index (χ0) is 12.2. The molecule has 1 rings (SSSR count). The van der Waals surface area contributed by atoms with Gasteiger partial charge < -0.3 is 4.74 Å². The van der Waals surface area contributed by atoms with Crippen LogP contribution in [0.1, 0.15) is 19.4 Å². The van der Waals surface area contributed by atoms with Crippen molar-refractivity contribution in [3.8, 4) is 6.07 Å². The molecule has 16 heavy (non-hydrogen) atoms. The van der Waals surface area contributed by atoms with E-state index >= 15 is 0 Å². The average molecular weight is 282 g/mol. The SMILES string of the molecule is CC(Br)C(=O)O[C@](C)(C#N)c1ccccc1. The van der Waals surface area contributed by atoms with Crippen LogP contribution in [0.2, 0.25) is 0 Å². The van der Waals surface area contributed by atoms with Gasteiger partial charge in [-0.2, -0.15) is 5.26 Å². The highest BCUT2D eigenvalue weighted by Gasteiger charge is 2.32. The van der Waals surface area contributed by atoms with Gasteiger partial charge in [0, 0.05) is 5.56 Å². The second-order valence-corrected chi connectivity index (χ2v) is 4.92. The van der Waals surface area contributed by atoms with E-state index in [9.17, 15) is 4.79 Å². The van der Waals surface area contributed by atoms with Crippen molar-refractivity contribution in [2.45, 2.75) is 24.3 Å². The van der Waals surface area contributed by atoms with E-state index in [1.54, 1.807) is 38.1 Å². The van der Waals surface area contributed by atoms with Gasteiger partial charge >= 0.3 is 5.97 Å². The normalized spacial score (nSPS) is 15.6. The molecule has 0 fully saturated rings. The third-order valence-corrected chi connectivity index (χ3v) is 2.54. The summed E-state index contributed by atoms with van der Waals surface area (Å²) in [7, 11) is 0. The molecule has 1 aromatic rings. The second-order valence-electron chi connectivity index (χ2n) is 3.55. The lowest BCUT2D eigenvalue weighted by Crippen LogP contribution is -2.30. The summed E-state index contributed by atoms with van der Waals surface area (Å²) in [5.74, 6) is -0.451. The molecule has 0 N–H and O–H groups in total. The molecule has 0 bridgehead atoms. The van der Waals surface area contributed by atoms with Crippen LogP contribution < -0.4 is 0 Å². The lowest BCUT2D eigenvalue weighted by atomic mass is 9.97. The summed E-state index contributed by atoms with van der Waals surface area (Å²) in [5, 5.41) is 9.13. The molecule has 2 atom stereocenters. The lowest BCUT2D eigenvalue weighted by Gasteiger charge is -2.23. The largest absolute Gasteiger partial charge is 0.439 e. The first-order valence-corrected chi connectivity index (χ1v) is 5.75. The fourth-order valence-corrected chi connectivity index (χ4v) is 1.28. The average Bonchev–Trinajstić information content (AvgIpc) is 2.29. The van der Waals surface area contributed by atoms with Crippen LogP contribution in [0.15, 0.2) is 30.3 Å². The van der Waals surface area contributed by atoms with Crippen molar-refractivity contribution in [3.63, 3.8) is 0 Å². The Morgan fingerprint density at radius 3 is 2.50 bits per heavy atom. The Labute approximate surface area is 103 Å². The van der Waals surface area contributed by atoms with Gasteiger partial charge in [0.05, 0.1) is 0 Å². The van der Waals surface area contributed by atoms with Crippen LogP contribution >= 0.6 is 15.9 Å². The topological polar surface area (TPSA) is 50.1 Å². The monoisotopic (exact) mass is 281 g/mol. The molecule has 0 aromatic heterocycles. The minimum absolute atomic E-state index is 0.427. The number of nitriles is 1. The Morgan fingerprint density at radius 2 is 2.06 bits per heavy atom. The zero-order valence-electron chi connectivity index (χ0n) is 9.11. The van der Waals surface area contributed by atoms with Crippen LogP contribution in [-0.2, 0) is 15.1 Å². The number of esters is 1. The van der Waals surface area contributed by atoms with Gasteiger partial charge in [-0.3, -0.25) is 4.79 Å². The van der Waals surface area contributed by atoms with E-state index in [4.69, 9.17) is 10.00 Å². The molecule has 1 unspecified atom stereocenters. The highest BCUT2D eigenvalue weighted by Crippen LogP contribution is 2.25. The van der Waals surface area contributed by atoms with E-state index in [0.717, 1.165) is 0 Å². The highest BCUT2D eigenvalue weighted by atomic mass is 79.9. The van der Waals surface area contributed by atoms with Crippen molar-refractivity contribution >= 4 is 21.9 Å². The van der Waals surface area contributed by atoms with E-state index < -0.39 is 16.4 Å². The smallest absolute Gasteiger partial charge is 0.321 e. The summed E-state index contributed by atoms with van der Waals surface area (Å²) in [5.41, 5.74) is -0.570. The molecule has 0 saturated heterocycles. The third kappa shape index (κ3) is 2.83. The first-order chi connectivity index (χ1) is 7.49. The number of carbonyl (C=O) groups excluding carboxylic acids is 1. The van der Waals surface area contributed by atoms with Crippen LogP contribution in [-0.4, -0.2) is 10.8 Å². The van der Waals surface area contributed by atoms with Gasteiger partial charge in [-0.15, -0.1) is 0 Å². The summed E-state index contributed by atoms with van der Waals surface area (Å²) in [6, 6.07) is 11.0. The molecule has 0 aliphatic heterocycles. The summed E-state index contributed by atoms with van der Waals surface area (Å²) in [6.45, 7) is 3.24. The zero-order valence-corrected chi connectivity index (χ0v) is 10.7. The highest BCUT2D eigenvalue weighted by molar-refractivity contribution is 9.10. The number of alkyl halides is 1. The molecule has 0 amide bonds. The van der Waals surface area contributed by atoms with E-state index in [1.807, 2.05) is 12.1 Å². The molecular weight excluding hydrogens is 270 g/mol. The number of benzene rings is 1. The molecule has 0 heterocycles. The standard InChI is InChI=1S/C12H12BrNO2/c1-9(13)11(15)16-12(2,8-14)10-6-4-3-5-7-10/h3-7,9H,1-2H3/t9?,12-/m1/s1. The van der Waals surface area contributed by atoms with Crippen molar-refractivity contribution < 1.29 is 9.53 Å². The molecule has 0 radical (unpaired) electrons. The minimum Gasteiger partial charge on any atom is -0.439 e. The second kappa shape index (κ2) is 5.13. The Morgan fingerprint density at radius 1 is 1.50 bits per heavy atom. The Bertz CT molecular complexity index is 411. The molecule has 3 nitrogen and oxygen atoms in total. The van der Waals surface area contributed by atoms with Crippen molar-refractivity contribution in [2.75, 3.05) is 0 Å². The quantitative estimate of drug-likeness (QED) is 0.632. The first-order valence-electron chi connectivity index (χ1n) is 4.83. The summed E-state index contributed by atoms with van der Waals surface area (Å²) >= 11 is 3.11. The van der Waals surface area contributed by atoms with Gasteiger partial charge in [0.25, 0.3) is 0 Å². The number of hydrogen-bond donors (Lipinski definition) is 0. The van der Waals surface area contributed by atoms with Gasteiger partial charge in [-0.25, -0.2) is 0 Å². The molecule has 0 aliphatic rings. The maximum absolute atomic E-state index is 11.5. The minimum atomic E-state index is -1.24. The number of hydrogen-bond acceptors (Lipinski definition) is 3. The van der Waals surface area contributed by atoms with E-state index in [1.165, 1.54) is 0 Å². The Hall–Kier alpha value is -1.34. The van der Waals surface area contributed by atoms with Crippen LogP contribution in [0.25, 0.3) is 0 Å². The van der Waals surface area contributed by atoms with Crippen LogP contribution in [0.5, 0.6) is 0 Å². The van der Waals surface area contributed by atoms with Gasteiger partial charge in [0.2, 0.25) is 5.60 Å². The lowest BCUT2D eigenvalue weighted by molar-refractivity contribution is -0.152. The Kier molecular flexibility index (Phi) is 4.08. The van der Waals surface area contributed by atoms with Crippen LogP contribution in [0.3, 0.4) is 0 Å². The number of ether oxygens (including phenoxy) is 1. The van der Waals surface area contributed by atoms with E-state index in [2.05, 4.69) is 15.9 Å². The maximum atomic E-state index is 11.5. The molecule has 1 aromatic carbocycles. The molecule has 0 aliphatic carbocycles. The fraction of sp³-hybridized carbons (Fsp3) is 0.333. The van der Waals surface area contributed by atoms with Crippen molar-refractivity contribution in [3.05, 3.63) is 35.9 Å². The number of rotatable bonds is 3. The molecular formula is C12H12BrNO2. The number of carbonyl (C=O) groups is 1. The van der Waals surface area contributed by atoms with Crippen molar-refractivity contribution in [1.29, 1.82) is 5.26 Å². The summed E-state index contributed by atoms with van der Waals surface area (Å²) in [6.07, 6.45) is 0. The molecule has 0 saturated carbocycles. The first kappa shape index (κ1) is 12.7. The van der Waals surface area contributed by atoms with E-state index in [-0.39, 0.29) is 0 Å². The van der Waals surface area contributed by atoms with Crippen molar-refractivity contribution in [1.82, 2.24) is 0 Å². The van der Waals surface area contributed by atoms with Gasteiger partial charge in [-0.05, 0) is 13.8 Å². The maximum Gasteiger partial charge on any atom is 0.321 e. The van der Waals surface area contributed by atoms with E-state index in [0.29, 0.717) is 5.56 Å².